The molecule has 0 saturated carbocycles. The standard InChI is InChI=1S/C23H17Br2NO/c1-16-2-6-18(7-3-16)20(14-26)12-19-13-22(25)10-11-23(19)27-15-17-4-8-21(24)9-5-17/h2-13H,15H2,1H3/b20-12-. The van der Waals surface area contributed by atoms with Gasteiger partial charge in [-0.2, -0.15) is 5.26 Å². The van der Waals surface area contributed by atoms with Crippen molar-refractivity contribution in [2.75, 3.05) is 0 Å². The molecule has 3 aromatic carbocycles. The van der Waals surface area contributed by atoms with Crippen molar-refractivity contribution in [1.29, 1.82) is 5.26 Å². The van der Waals surface area contributed by atoms with E-state index in [0.29, 0.717) is 12.2 Å². The molecule has 0 aromatic heterocycles. The van der Waals surface area contributed by atoms with Gasteiger partial charge in [0.15, 0.2) is 0 Å². The minimum atomic E-state index is 0.460. The lowest BCUT2D eigenvalue weighted by molar-refractivity contribution is 0.305. The highest BCUT2D eigenvalue weighted by molar-refractivity contribution is 9.10. The molecule has 0 bridgehead atoms. The number of hydrogen-bond donors (Lipinski definition) is 0. The molecule has 0 aliphatic rings. The number of allylic oxidation sites excluding steroid dienone is 1. The lowest BCUT2D eigenvalue weighted by Gasteiger charge is -2.11. The Morgan fingerprint density at radius 2 is 1.63 bits per heavy atom. The zero-order chi connectivity index (χ0) is 19.2. The lowest BCUT2D eigenvalue weighted by atomic mass is 10.0. The first-order chi connectivity index (χ1) is 13.0. The molecule has 0 saturated heterocycles. The van der Waals surface area contributed by atoms with Crippen LogP contribution in [0.15, 0.2) is 75.7 Å². The molecule has 27 heavy (non-hydrogen) atoms. The van der Waals surface area contributed by atoms with E-state index in [-0.39, 0.29) is 0 Å². The van der Waals surface area contributed by atoms with Crippen LogP contribution >= 0.6 is 31.9 Å². The van der Waals surface area contributed by atoms with Crippen molar-refractivity contribution >= 4 is 43.5 Å². The normalized spacial score (nSPS) is 11.1. The molecule has 0 amide bonds. The molecule has 0 aliphatic carbocycles. The van der Waals surface area contributed by atoms with Gasteiger partial charge < -0.3 is 4.74 Å². The van der Waals surface area contributed by atoms with E-state index >= 15 is 0 Å². The summed E-state index contributed by atoms with van der Waals surface area (Å²) >= 11 is 6.94. The van der Waals surface area contributed by atoms with Gasteiger partial charge in [-0.05, 0) is 54.5 Å². The number of ether oxygens (including phenoxy) is 1. The SMILES string of the molecule is Cc1ccc(/C(C#N)=C\c2cc(Br)ccc2OCc2ccc(Br)cc2)cc1. The zero-order valence-corrected chi connectivity index (χ0v) is 17.9. The topological polar surface area (TPSA) is 33.0 Å². The molecule has 0 radical (unpaired) electrons. The highest BCUT2D eigenvalue weighted by Gasteiger charge is 2.07. The van der Waals surface area contributed by atoms with Gasteiger partial charge in [-0.25, -0.2) is 0 Å². The van der Waals surface area contributed by atoms with Crippen molar-refractivity contribution in [3.05, 3.63) is 97.9 Å². The van der Waals surface area contributed by atoms with E-state index in [9.17, 15) is 5.26 Å². The van der Waals surface area contributed by atoms with Crippen LogP contribution in [0.5, 0.6) is 5.75 Å². The number of aryl methyl sites for hydroxylation is 1. The van der Waals surface area contributed by atoms with Gasteiger partial charge in [-0.1, -0.05) is 73.8 Å². The third-order valence-electron chi connectivity index (χ3n) is 4.06. The quantitative estimate of drug-likeness (QED) is 0.285. The van der Waals surface area contributed by atoms with E-state index < -0.39 is 0 Å². The Morgan fingerprint density at radius 3 is 2.30 bits per heavy atom. The highest BCUT2D eigenvalue weighted by Crippen LogP contribution is 2.28. The maximum Gasteiger partial charge on any atom is 0.127 e. The summed E-state index contributed by atoms with van der Waals surface area (Å²) in [5.74, 6) is 0.737. The first kappa shape index (κ1) is 19.4. The molecule has 0 N–H and O–H groups in total. The van der Waals surface area contributed by atoms with Gasteiger partial charge in [0.1, 0.15) is 12.4 Å². The second-order valence-electron chi connectivity index (χ2n) is 6.13. The molecule has 0 spiro atoms. The Morgan fingerprint density at radius 1 is 0.963 bits per heavy atom. The molecule has 0 heterocycles. The summed E-state index contributed by atoms with van der Waals surface area (Å²) in [6, 6.07) is 24.1. The smallest absolute Gasteiger partial charge is 0.127 e. The summed E-state index contributed by atoms with van der Waals surface area (Å²) < 4.78 is 8.00. The van der Waals surface area contributed by atoms with Gasteiger partial charge in [0.25, 0.3) is 0 Å². The number of benzene rings is 3. The molecular weight excluding hydrogens is 466 g/mol. The Balaban J connectivity index is 1.89. The summed E-state index contributed by atoms with van der Waals surface area (Å²) in [5.41, 5.74) is 4.59. The van der Waals surface area contributed by atoms with Crippen LogP contribution < -0.4 is 4.74 Å². The Hall–Kier alpha value is -2.35. The van der Waals surface area contributed by atoms with Gasteiger partial charge in [-0.3, -0.25) is 0 Å². The fourth-order valence-corrected chi connectivity index (χ4v) is 3.22. The average Bonchev–Trinajstić information content (AvgIpc) is 2.67. The third-order valence-corrected chi connectivity index (χ3v) is 5.08. The first-order valence-corrected chi connectivity index (χ1v) is 9.99. The van der Waals surface area contributed by atoms with Crippen LogP contribution in [0.3, 0.4) is 0 Å². The van der Waals surface area contributed by atoms with Crippen LogP contribution in [0.4, 0.5) is 0 Å². The molecule has 0 atom stereocenters. The van der Waals surface area contributed by atoms with E-state index in [1.165, 1.54) is 0 Å². The first-order valence-electron chi connectivity index (χ1n) is 8.41. The van der Waals surface area contributed by atoms with Crippen LogP contribution in [-0.4, -0.2) is 0 Å². The molecule has 0 unspecified atom stereocenters. The van der Waals surface area contributed by atoms with E-state index in [0.717, 1.165) is 36.9 Å². The second-order valence-corrected chi connectivity index (χ2v) is 7.96. The Labute approximate surface area is 176 Å². The van der Waals surface area contributed by atoms with E-state index in [4.69, 9.17) is 4.74 Å². The van der Waals surface area contributed by atoms with Crippen molar-refractivity contribution in [2.24, 2.45) is 0 Å². The van der Waals surface area contributed by atoms with Crippen molar-refractivity contribution in [3.8, 4) is 11.8 Å². The Kier molecular flexibility index (Phi) is 6.49. The summed E-state index contributed by atoms with van der Waals surface area (Å²) in [4.78, 5) is 0. The predicted molar refractivity (Wildman–Crippen MR) is 117 cm³/mol. The largest absolute Gasteiger partial charge is 0.488 e. The number of halogens is 2. The van der Waals surface area contributed by atoms with E-state index in [2.05, 4.69) is 37.9 Å². The van der Waals surface area contributed by atoms with E-state index in [1.54, 1.807) is 0 Å². The maximum atomic E-state index is 9.63. The van der Waals surface area contributed by atoms with Gasteiger partial charge in [0, 0.05) is 14.5 Å². The van der Waals surface area contributed by atoms with Crippen LogP contribution in [0.1, 0.15) is 22.3 Å². The molecule has 0 fully saturated rings. The molecule has 4 heteroatoms. The zero-order valence-electron chi connectivity index (χ0n) is 14.7. The van der Waals surface area contributed by atoms with Gasteiger partial charge in [0.2, 0.25) is 0 Å². The monoisotopic (exact) mass is 481 g/mol. The Bertz CT molecular complexity index is 1000. The summed E-state index contributed by atoms with van der Waals surface area (Å²) in [6.07, 6.45) is 1.87. The summed E-state index contributed by atoms with van der Waals surface area (Å²) in [7, 11) is 0. The molecule has 0 aliphatic heterocycles. The van der Waals surface area contributed by atoms with Gasteiger partial charge >= 0.3 is 0 Å². The minimum Gasteiger partial charge on any atom is -0.488 e. The van der Waals surface area contributed by atoms with Gasteiger partial charge in [-0.15, -0.1) is 0 Å². The average molecular weight is 483 g/mol. The molecule has 3 rings (SSSR count). The second kappa shape index (κ2) is 9.03. The number of hydrogen-bond acceptors (Lipinski definition) is 2. The fourth-order valence-electron chi connectivity index (χ4n) is 2.57. The maximum absolute atomic E-state index is 9.63. The number of rotatable bonds is 5. The molecule has 3 aromatic rings. The molecular formula is C23H17Br2NO. The van der Waals surface area contributed by atoms with Crippen LogP contribution in [0.2, 0.25) is 0 Å². The van der Waals surface area contributed by atoms with Crippen molar-refractivity contribution in [3.63, 3.8) is 0 Å². The molecule has 134 valence electrons. The van der Waals surface area contributed by atoms with Crippen molar-refractivity contribution in [1.82, 2.24) is 0 Å². The van der Waals surface area contributed by atoms with Crippen LogP contribution in [0, 0.1) is 18.3 Å². The van der Waals surface area contributed by atoms with Gasteiger partial charge in [0.05, 0.1) is 11.6 Å². The fraction of sp³-hybridized carbons (Fsp3) is 0.0870. The lowest BCUT2D eigenvalue weighted by Crippen LogP contribution is -1.97. The summed E-state index contributed by atoms with van der Waals surface area (Å²) in [5, 5.41) is 9.63. The van der Waals surface area contributed by atoms with Crippen LogP contribution in [-0.2, 0) is 6.61 Å². The highest BCUT2D eigenvalue weighted by atomic mass is 79.9. The summed E-state index contributed by atoms with van der Waals surface area (Å²) in [6.45, 7) is 2.49. The minimum absolute atomic E-state index is 0.460. The van der Waals surface area contributed by atoms with E-state index in [1.807, 2.05) is 79.7 Å². The van der Waals surface area contributed by atoms with Crippen molar-refractivity contribution in [2.45, 2.75) is 13.5 Å². The predicted octanol–water partition coefficient (Wildman–Crippen LogP) is 7.16. The third kappa shape index (κ3) is 5.32. The number of nitrogens with zero attached hydrogens (tertiary/aromatic N) is 1. The van der Waals surface area contributed by atoms with Crippen LogP contribution in [0.25, 0.3) is 11.6 Å². The number of nitriles is 1. The van der Waals surface area contributed by atoms with Crippen molar-refractivity contribution < 1.29 is 4.74 Å². The molecule has 2 nitrogen and oxygen atoms in total.